The van der Waals surface area contributed by atoms with Gasteiger partial charge in [0, 0.05) is 49.7 Å². The number of rotatable bonds is 11. The van der Waals surface area contributed by atoms with Gasteiger partial charge in [-0.1, -0.05) is 48.5 Å². The number of aromatic amines is 1. The zero-order valence-corrected chi connectivity index (χ0v) is 29.4. The molecule has 1 aromatic heterocycles. The molecule has 11 nitrogen and oxygen atoms in total. The van der Waals surface area contributed by atoms with Gasteiger partial charge in [-0.25, -0.2) is 4.79 Å². The minimum atomic E-state index is -0.762. The van der Waals surface area contributed by atoms with Gasteiger partial charge >= 0.3 is 11.0 Å². The Morgan fingerprint density at radius 2 is 1.83 bits per heavy atom. The second-order valence-electron chi connectivity index (χ2n) is 14.0. The van der Waals surface area contributed by atoms with E-state index in [-0.39, 0.29) is 28.8 Å². The molecule has 48 heavy (non-hydrogen) atoms. The number of aromatic nitrogens is 2. The van der Waals surface area contributed by atoms with Crippen LogP contribution in [0.3, 0.4) is 0 Å². The maximum atomic E-state index is 14.5. The first-order chi connectivity index (χ1) is 22.9. The molecule has 3 amide bonds. The van der Waals surface area contributed by atoms with Crippen molar-refractivity contribution >= 4 is 29.4 Å². The number of carbonyl (C=O) groups excluding carboxylic acids is 3. The third-order valence-corrected chi connectivity index (χ3v) is 9.85. The van der Waals surface area contributed by atoms with Crippen LogP contribution in [0, 0.1) is 13.8 Å². The first kappa shape index (κ1) is 35.3. The van der Waals surface area contributed by atoms with Gasteiger partial charge in [0.15, 0.2) is 0 Å². The molecule has 3 heterocycles. The summed E-state index contributed by atoms with van der Waals surface area (Å²) in [5, 5.41) is 6.09. The number of alkyl carbamates (subject to hydrolysis) is 1. The molecule has 3 aromatic rings. The summed E-state index contributed by atoms with van der Waals surface area (Å²) in [5.74, 6) is 0.141. The van der Waals surface area contributed by atoms with Crippen molar-refractivity contribution in [3.8, 4) is 0 Å². The molecule has 0 spiro atoms. The van der Waals surface area contributed by atoms with Crippen molar-refractivity contribution in [1.82, 2.24) is 29.8 Å². The average molecular weight is 677 g/mol. The molecule has 2 fully saturated rings. The summed E-state index contributed by atoms with van der Waals surface area (Å²) < 4.78 is 9.73. The van der Waals surface area contributed by atoms with Gasteiger partial charge in [-0.05, 0) is 89.0 Å². The minimum absolute atomic E-state index is 0.0729. The topological polar surface area (TPSA) is 137 Å². The highest BCUT2D eigenvalue weighted by molar-refractivity contribution is 7.02. The van der Waals surface area contributed by atoms with Gasteiger partial charge in [0.2, 0.25) is 11.8 Å². The Kier molecular flexibility index (Phi) is 11.4. The number of ether oxygens (including phenoxy) is 1. The van der Waals surface area contributed by atoms with Crippen LogP contribution in [0.25, 0.3) is 0 Å². The molecule has 2 aliphatic heterocycles. The molecule has 2 saturated heterocycles. The van der Waals surface area contributed by atoms with E-state index in [0.717, 1.165) is 35.5 Å². The van der Waals surface area contributed by atoms with E-state index in [2.05, 4.69) is 50.0 Å². The molecule has 1 unspecified atom stereocenters. The van der Waals surface area contributed by atoms with Crippen LogP contribution in [0.5, 0.6) is 0 Å². The van der Waals surface area contributed by atoms with E-state index < -0.39 is 23.8 Å². The number of carbonyl (C=O) groups is 3. The second kappa shape index (κ2) is 15.5. The van der Waals surface area contributed by atoms with Crippen LogP contribution in [-0.4, -0.2) is 79.9 Å². The van der Waals surface area contributed by atoms with E-state index in [4.69, 9.17) is 4.74 Å². The van der Waals surface area contributed by atoms with Crippen molar-refractivity contribution in [3.05, 3.63) is 86.3 Å². The van der Waals surface area contributed by atoms with Crippen LogP contribution in [0.15, 0.2) is 53.3 Å². The van der Waals surface area contributed by atoms with E-state index in [1.54, 1.807) is 4.90 Å². The van der Waals surface area contributed by atoms with Gasteiger partial charge in [0.05, 0.1) is 6.04 Å². The smallest absolute Gasteiger partial charge is 0.407 e. The highest BCUT2D eigenvalue weighted by Gasteiger charge is 2.47. The molecule has 0 bridgehead atoms. The zero-order chi connectivity index (χ0) is 34.4. The summed E-state index contributed by atoms with van der Waals surface area (Å²) in [6, 6.07) is 14.9. The van der Waals surface area contributed by atoms with Gasteiger partial charge in [-0.3, -0.25) is 24.3 Å². The van der Waals surface area contributed by atoms with Crippen LogP contribution >= 0.6 is 11.5 Å². The molecular formula is C36H48N6O5S. The van der Waals surface area contributed by atoms with E-state index in [9.17, 15) is 19.2 Å². The zero-order valence-electron chi connectivity index (χ0n) is 28.6. The molecule has 3 N–H and O–H groups in total. The predicted octanol–water partition coefficient (Wildman–Crippen LogP) is 4.27. The Morgan fingerprint density at radius 3 is 2.52 bits per heavy atom. The highest BCUT2D eigenvalue weighted by Crippen LogP contribution is 2.31. The summed E-state index contributed by atoms with van der Waals surface area (Å²) >= 11 is 0.845. The van der Waals surface area contributed by atoms with Gasteiger partial charge in [0.25, 0.3) is 0 Å². The molecule has 0 aliphatic carbocycles. The minimum Gasteiger partial charge on any atom is -0.444 e. The molecule has 4 atom stereocenters. The van der Waals surface area contributed by atoms with Gasteiger partial charge in [-0.2, -0.15) is 4.37 Å². The third-order valence-electron chi connectivity index (χ3n) is 9.27. The molecule has 2 aliphatic rings. The van der Waals surface area contributed by atoms with Crippen molar-refractivity contribution < 1.29 is 19.1 Å². The van der Waals surface area contributed by atoms with Crippen molar-refractivity contribution in [1.29, 1.82) is 0 Å². The summed E-state index contributed by atoms with van der Waals surface area (Å²) in [5.41, 5.74) is 3.89. The Hall–Kier alpha value is -4.03. The number of nitrogens with one attached hydrogen (secondary N) is 3. The van der Waals surface area contributed by atoms with Crippen molar-refractivity contribution in [2.75, 3.05) is 13.1 Å². The highest BCUT2D eigenvalue weighted by atomic mass is 32.1. The predicted molar refractivity (Wildman–Crippen MR) is 186 cm³/mol. The summed E-state index contributed by atoms with van der Waals surface area (Å²) in [7, 11) is 0. The standard InChI is InChI=1S/C36H48N6O5S/c1-23-11-12-26(19-24(23)2)21-37-32(43)29(15-16-31-39-35(46)48-40-31)41-18-17-28(14-13-25-9-7-6-8-10-25)42-22-27(20-30(42)33(41)44)38-34(45)47-36(3,4)5/h6-12,19,27-30H,13-18,20-22H2,1-5H3,(H,37,43)(H,38,45)(H,39,40,46)/t27-,28?,29-,30+/m1/s1. The fourth-order valence-electron chi connectivity index (χ4n) is 6.73. The lowest BCUT2D eigenvalue weighted by atomic mass is 10.0. The SMILES string of the molecule is Cc1ccc(CNC(=O)[C@@H](CCc2nsc(=O)[nH]2)N2CCC(CCc3ccccc3)N3C[C@H](NC(=O)OC(C)(C)C)C[C@H]3C2=O)cc1C. The Morgan fingerprint density at radius 1 is 1.06 bits per heavy atom. The average Bonchev–Trinajstić information content (AvgIpc) is 3.62. The number of nitrogens with zero attached hydrogens (tertiary/aromatic N) is 3. The van der Waals surface area contributed by atoms with Crippen LogP contribution in [0.4, 0.5) is 4.79 Å². The van der Waals surface area contributed by atoms with Crippen LogP contribution < -0.4 is 15.5 Å². The third kappa shape index (κ3) is 9.31. The van der Waals surface area contributed by atoms with Crippen LogP contribution in [0.2, 0.25) is 0 Å². The number of amides is 3. The molecule has 0 saturated carbocycles. The molecule has 258 valence electrons. The maximum Gasteiger partial charge on any atom is 0.407 e. The van der Waals surface area contributed by atoms with Crippen molar-refractivity contribution in [3.63, 3.8) is 0 Å². The number of H-pyrrole nitrogens is 1. The fraction of sp³-hybridized carbons (Fsp3) is 0.528. The maximum absolute atomic E-state index is 14.5. The molecule has 0 radical (unpaired) electrons. The monoisotopic (exact) mass is 676 g/mol. The molecule has 12 heteroatoms. The van der Waals surface area contributed by atoms with Crippen LogP contribution in [-0.2, 0) is 33.7 Å². The lowest BCUT2D eigenvalue weighted by Gasteiger charge is -2.32. The number of hydrogen-bond donors (Lipinski definition) is 3. The number of benzene rings is 2. The lowest BCUT2D eigenvalue weighted by Crippen LogP contribution is -2.53. The summed E-state index contributed by atoms with van der Waals surface area (Å²) in [6.07, 6.45) is 2.95. The van der Waals surface area contributed by atoms with Gasteiger partial charge in [0.1, 0.15) is 17.5 Å². The largest absolute Gasteiger partial charge is 0.444 e. The van der Waals surface area contributed by atoms with Crippen molar-refractivity contribution in [2.45, 2.75) is 109 Å². The van der Waals surface area contributed by atoms with E-state index in [0.29, 0.717) is 51.1 Å². The van der Waals surface area contributed by atoms with E-state index in [1.807, 2.05) is 58.0 Å². The van der Waals surface area contributed by atoms with Crippen molar-refractivity contribution in [2.24, 2.45) is 0 Å². The lowest BCUT2D eigenvalue weighted by molar-refractivity contribution is -0.143. The molecule has 2 aromatic carbocycles. The first-order valence-corrected chi connectivity index (χ1v) is 17.6. The fourth-order valence-corrected chi connectivity index (χ4v) is 7.22. The number of aryl methyl sites for hydroxylation is 4. The van der Waals surface area contributed by atoms with Gasteiger partial charge < -0.3 is 20.3 Å². The van der Waals surface area contributed by atoms with E-state index >= 15 is 0 Å². The van der Waals surface area contributed by atoms with E-state index in [1.165, 1.54) is 11.1 Å². The second-order valence-corrected chi connectivity index (χ2v) is 14.8. The molecule has 5 rings (SSSR count). The Labute approximate surface area is 286 Å². The van der Waals surface area contributed by atoms with Gasteiger partial charge in [-0.15, -0.1) is 0 Å². The summed E-state index contributed by atoms with van der Waals surface area (Å²) in [4.78, 5) is 59.5. The number of hydrogen-bond acceptors (Lipinski definition) is 8. The first-order valence-electron chi connectivity index (χ1n) is 16.8. The summed E-state index contributed by atoms with van der Waals surface area (Å²) in [6.45, 7) is 10.8. The van der Waals surface area contributed by atoms with Crippen LogP contribution in [0.1, 0.15) is 74.5 Å². The quantitative estimate of drug-likeness (QED) is 0.276. The Bertz CT molecular complexity index is 1630. The number of fused-ring (bicyclic) bond motifs is 1. The Balaban J connectivity index is 1.38. The molecular weight excluding hydrogens is 629 g/mol. The normalized spacial score (nSPS) is 20.6.